The van der Waals surface area contributed by atoms with E-state index in [-0.39, 0.29) is 23.5 Å². The van der Waals surface area contributed by atoms with Gasteiger partial charge in [-0.2, -0.15) is 0 Å². The Labute approximate surface area is 87.5 Å². The number of aromatic hydroxyl groups is 1. The molecule has 0 spiro atoms. The molecule has 15 heavy (non-hydrogen) atoms. The standard InChI is InChI=1S/C10H11FO3S/c11-10(4-5-15(13,14)7-10)8-2-1-3-9(12)6-8/h1-3,6,12H,4-5,7H2. The maximum absolute atomic E-state index is 14.2. The number of sulfone groups is 1. The van der Waals surface area contributed by atoms with Crippen LogP contribution in [0.15, 0.2) is 24.3 Å². The highest BCUT2D eigenvalue weighted by atomic mass is 32.2. The van der Waals surface area contributed by atoms with Crippen LogP contribution in [-0.2, 0) is 15.5 Å². The van der Waals surface area contributed by atoms with Gasteiger partial charge in [0.2, 0.25) is 0 Å². The lowest BCUT2D eigenvalue weighted by Crippen LogP contribution is -2.21. The molecule has 0 aromatic heterocycles. The summed E-state index contributed by atoms with van der Waals surface area (Å²) in [4.78, 5) is 0. The van der Waals surface area contributed by atoms with Crippen molar-refractivity contribution in [2.75, 3.05) is 11.5 Å². The average molecular weight is 230 g/mol. The number of phenolic OH excluding ortho intramolecular Hbond substituents is 1. The Kier molecular flexibility index (Phi) is 2.22. The number of benzene rings is 1. The van der Waals surface area contributed by atoms with E-state index in [0.717, 1.165) is 0 Å². The predicted molar refractivity (Wildman–Crippen MR) is 54.2 cm³/mol. The molecule has 82 valence electrons. The van der Waals surface area contributed by atoms with Crippen LogP contribution in [0.25, 0.3) is 0 Å². The second kappa shape index (κ2) is 3.20. The highest BCUT2D eigenvalue weighted by Crippen LogP contribution is 2.38. The molecule has 5 heteroatoms. The molecular formula is C10H11FO3S. The highest BCUT2D eigenvalue weighted by molar-refractivity contribution is 7.91. The van der Waals surface area contributed by atoms with Gasteiger partial charge < -0.3 is 5.11 Å². The third-order valence-electron chi connectivity index (χ3n) is 2.62. The molecule has 1 N–H and O–H groups in total. The lowest BCUT2D eigenvalue weighted by atomic mass is 9.95. The largest absolute Gasteiger partial charge is 0.508 e. The van der Waals surface area contributed by atoms with Crippen molar-refractivity contribution < 1.29 is 17.9 Å². The van der Waals surface area contributed by atoms with E-state index in [1.54, 1.807) is 0 Å². The molecule has 3 nitrogen and oxygen atoms in total. The van der Waals surface area contributed by atoms with Gasteiger partial charge in [-0.3, -0.25) is 0 Å². The molecule has 1 atom stereocenters. The first-order chi connectivity index (χ1) is 6.91. The van der Waals surface area contributed by atoms with Crippen molar-refractivity contribution in [2.45, 2.75) is 12.1 Å². The summed E-state index contributed by atoms with van der Waals surface area (Å²) in [6.07, 6.45) is -0.0290. The van der Waals surface area contributed by atoms with Gasteiger partial charge in [-0.1, -0.05) is 12.1 Å². The summed E-state index contributed by atoms with van der Waals surface area (Å²) in [5, 5.41) is 9.20. The molecule has 0 bridgehead atoms. The molecule has 1 aliphatic rings. The van der Waals surface area contributed by atoms with Crippen molar-refractivity contribution in [1.29, 1.82) is 0 Å². The second-order valence-corrected chi connectivity index (χ2v) is 6.04. The molecule has 0 saturated carbocycles. The summed E-state index contributed by atoms with van der Waals surface area (Å²) >= 11 is 0. The fourth-order valence-electron chi connectivity index (χ4n) is 1.82. The Bertz CT molecular complexity index is 483. The van der Waals surface area contributed by atoms with Crippen LogP contribution < -0.4 is 0 Å². The monoisotopic (exact) mass is 230 g/mol. The third-order valence-corrected chi connectivity index (χ3v) is 4.35. The van der Waals surface area contributed by atoms with Crippen LogP contribution in [0.3, 0.4) is 0 Å². The summed E-state index contributed by atoms with van der Waals surface area (Å²) in [7, 11) is -3.27. The van der Waals surface area contributed by atoms with E-state index < -0.39 is 21.3 Å². The lowest BCUT2D eigenvalue weighted by molar-refractivity contribution is 0.201. The molecule has 1 unspecified atom stereocenters. The summed E-state index contributed by atoms with van der Waals surface area (Å²) in [5.74, 6) is -0.656. The quantitative estimate of drug-likeness (QED) is 0.792. The topological polar surface area (TPSA) is 54.4 Å². The van der Waals surface area contributed by atoms with Crippen molar-refractivity contribution in [3.05, 3.63) is 29.8 Å². The fourth-order valence-corrected chi connectivity index (χ4v) is 3.61. The Balaban J connectivity index is 2.40. The Hall–Kier alpha value is -1.10. The van der Waals surface area contributed by atoms with Crippen LogP contribution in [0.1, 0.15) is 12.0 Å². The fraction of sp³-hybridized carbons (Fsp3) is 0.400. The first kappa shape index (κ1) is 10.4. The molecule has 1 fully saturated rings. The number of hydrogen-bond donors (Lipinski definition) is 1. The molecule has 0 amide bonds. The second-order valence-electron chi connectivity index (χ2n) is 3.86. The first-order valence-corrected chi connectivity index (χ1v) is 6.42. The molecule has 1 aromatic carbocycles. The summed E-state index contributed by atoms with van der Waals surface area (Å²) in [5.41, 5.74) is -1.60. The van der Waals surface area contributed by atoms with E-state index in [4.69, 9.17) is 0 Å². The molecular weight excluding hydrogens is 219 g/mol. The lowest BCUT2D eigenvalue weighted by Gasteiger charge is -2.17. The van der Waals surface area contributed by atoms with E-state index in [0.29, 0.717) is 0 Å². The molecule has 1 saturated heterocycles. The minimum absolute atomic E-state index is 0.0290. The first-order valence-electron chi connectivity index (χ1n) is 4.60. The SMILES string of the molecule is O=S1(=O)CCC(F)(c2cccc(O)c2)C1. The number of halogens is 1. The molecule has 0 aliphatic carbocycles. The third kappa shape index (κ3) is 1.97. The van der Waals surface area contributed by atoms with Crippen LogP contribution in [0.5, 0.6) is 5.75 Å². The van der Waals surface area contributed by atoms with Crippen LogP contribution in [0, 0.1) is 0 Å². The van der Waals surface area contributed by atoms with Gasteiger partial charge in [-0.25, -0.2) is 12.8 Å². The van der Waals surface area contributed by atoms with Gasteiger partial charge in [-0.05, 0) is 17.7 Å². The van der Waals surface area contributed by atoms with Crippen molar-refractivity contribution in [3.63, 3.8) is 0 Å². The van der Waals surface area contributed by atoms with E-state index in [2.05, 4.69) is 0 Å². The summed E-state index contributed by atoms with van der Waals surface area (Å²) in [6, 6.07) is 5.72. The molecule has 1 aromatic rings. The Morgan fingerprint density at radius 3 is 2.67 bits per heavy atom. The number of hydrogen-bond acceptors (Lipinski definition) is 3. The van der Waals surface area contributed by atoms with E-state index in [1.165, 1.54) is 24.3 Å². The van der Waals surface area contributed by atoms with Gasteiger partial charge in [0.1, 0.15) is 5.75 Å². The van der Waals surface area contributed by atoms with Gasteiger partial charge in [0.05, 0.1) is 11.5 Å². The van der Waals surface area contributed by atoms with Crippen molar-refractivity contribution in [1.82, 2.24) is 0 Å². The zero-order valence-electron chi connectivity index (χ0n) is 7.98. The number of rotatable bonds is 1. The van der Waals surface area contributed by atoms with Crippen molar-refractivity contribution >= 4 is 9.84 Å². The van der Waals surface area contributed by atoms with Crippen LogP contribution in [0.2, 0.25) is 0 Å². The molecule has 2 rings (SSSR count). The molecule has 1 heterocycles. The van der Waals surface area contributed by atoms with Gasteiger partial charge >= 0.3 is 0 Å². The summed E-state index contributed by atoms with van der Waals surface area (Å²) < 4.78 is 36.6. The van der Waals surface area contributed by atoms with Crippen molar-refractivity contribution in [2.24, 2.45) is 0 Å². The smallest absolute Gasteiger partial charge is 0.153 e. The zero-order chi connectivity index (χ0) is 11.1. The zero-order valence-corrected chi connectivity index (χ0v) is 8.80. The van der Waals surface area contributed by atoms with E-state index in [9.17, 15) is 17.9 Å². The summed E-state index contributed by atoms with van der Waals surface area (Å²) in [6.45, 7) is 0. The highest BCUT2D eigenvalue weighted by Gasteiger charge is 2.44. The van der Waals surface area contributed by atoms with Gasteiger partial charge in [-0.15, -0.1) is 0 Å². The van der Waals surface area contributed by atoms with Crippen molar-refractivity contribution in [3.8, 4) is 5.75 Å². The molecule has 0 radical (unpaired) electrons. The Morgan fingerprint density at radius 1 is 1.40 bits per heavy atom. The van der Waals surface area contributed by atoms with Crippen LogP contribution >= 0.6 is 0 Å². The van der Waals surface area contributed by atoms with E-state index in [1.807, 2.05) is 0 Å². The minimum atomic E-state index is -3.27. The maximum Gasteiger partial charge on any atom is 0.153 e. The minimum Gasteiger partial charge on any atom is -0.508 e. The maximum atomic E-state index is 14.2. The van der Waals surface area contributed by atoms with E-state index >= 15 is 0 Å². The van der Waals surface area contributed by atoms with Crippen LogP contribution in [-0.4, -0.2) is 25.0 Å². The van der Waals surface area contributed by atoms with Gasteiger partial charge in [0.15, 0.2) is 15.5 Å². The van der Waals surface area contributed by atoms with Gasteiger partial charge in [0, 0.05) is 6.42 Å². The predicted octanol–water partition coefficient (Wildman–Crippen LogP) is 1.38. The van der Waals surface area contributed by atoms with Crippen LogP contribution in [0.4, 0.5) is 4.39 Å². The number of alkyl halides is 1. The Morgan fingerprint density at radius 2 is 2.13 bits per heavy atom. The average Bonchev–Trinajstić information content (AvgIpc) is 2.42. The normalized spacial score (nSPS) is 29.1. The molecule has 1 aliphatic heterocycles. The number of phenols is 1. The van der Waals surface area contributed by atoms with Gasteiger partial charge in [0.25, 0.3) is 0 Å².